The minimum atomic E-state index is -0.263. The number of pyridine rings is 1. The van der Waals surface area contributed by atoms with E-state index in [2.05, 4.69) is 15.2 Å². The van der Waals surface area contributed by atoms with Crippen molar-refractivity contribution in [2.24, 2.45) is 0 Å². The maximum Gasteiger partial charge on any atom is 0.134 e. The molecule has 0 atom stereocenters. The number of benzene rings is 1. The molecule has 0 radical (unpaired) electrons. The summed E-state index contributed by atoms with van der Waals surface area (Å²) in [6.07, 6.45) is 1.76. The third-order valence-electron chi connectivity index (χ3n) is 3.93. The van der Waals surface area contributed by atoms with Gasteiger partial charge in [-0.25, -0.2) is 4.39 Å². The van der Waals surface area contributed by atoms with E-state index in [0.717, 1.165) is 33.0 Å². The van der Waals surface area contributed by atoms with E-state index >= 15 is 0 Å². The van der Waals surface area contributed by atoms with Crippen molar-refractivity contribution < 1.29 is 4.39 Å². The molecule has 4 aromatic rings. The first kappa shape index (κ1) is 15.6. The molecule has 0 saturated carbocycles. The van der Waals surface area contributed by atoms with Crippen molar-refractivity contribution in [1.29, 1.82) is 0 Å². The van der Waals surface area contributed by atoms with Gasteiger partial charge in [0.15, 0.2) is 0 Å². The molecule has 0 amide bonds. The number of aryl methyl sites for hydroxylation is 1. The SMILES string of the molecule is Cc1nnc(-c2cc(F)cs2)c(-c2ccccc2)c1-c1ccccn1. The molecule has 3 nitrogen and oxygen atoms in total. The Morgan fingerprint density at radius 3 is 2.40 bits per heavy atom. The van der Waals surface area contributed by atoms with Crippen molar-refractivity contribution >= 4 is 11.3 Å². The van der Waals surface area contributed by atoms with Gasteiger partial charge in [0.2, 0.25) is 0 Å². The Labute approximate surface area is 148 Å². The average Bonchev–Trinajstić information content (AvgIpc) is 3.09. The smallest absolute Gasteiger partial charge is 0.134 e. The van der Waals surface area contributed by atoms with Crippen LogP contribution in [-0.4, -0.2) is 15.2 Å². The van der Waals surface area contributed by atoms with Gasteiger partial charge < -0.3 is 0 Å². The van der Waals surface area contributed by atoms with Crippen LogP contribution in [0, 0.1) is 12.7 Å². The highest BCUT2D eigenvalue weighted by molar-refractivity contribution is 7.13. The van der Waals surface area contributed by atoms with Crippen molar-refractivity contribution in [3.63, 3.8) is 0 Å². The Bertz CT molecular complexity index is 1010. The molecule has 3 heterocycles. The van der Waals surface area contributed by atoms with Crippen molar-refractivity contribution in [3.8, 4) is 33.0 Å². The number of halogens is 1. The zero-order valence-electron chi connectivity index (χ0n) is 13.5. The summed E-state index contributed by atoms with van der Waals surface area (Å²) in [5, 5.41) is 10.2. The first-order valence-corrected chi connectivity index (χ1v) is 8.70. The van der Waals surface area contributed by atoms with Gasteiger partial charge in [0.25, 0.3) is 0 Å². The highest BCUT2D eigenvalue weighted by atomic mass is 32.1. The van der Waals surface area contributed by atoms with Gasteiger partial charge in [-0.2, -0.15) is 5.10 Å². The molecule has 0 saturated heterocycles. The minimum Gasteiger partial charge on any atom is -0.256 e. The quantitative estimate of drug-likeness (QED) is 0.499. The van der Waals surface area contributed by atoms with Crippen LogP contribution in [0.15, 0.2) is 66.2 Å². The number of hydrogen-bond acceptors (Lipinski definition) is 4. The standard InChI is InChI=1S/C20H14FN3S/c1-13-18(16-9-5-6-10-22-16)19(14-7-3-2-4-8-14)20(24-23-13)17-11-15(21)12-25-17/h2-12H,1H3. The van der Waals surface area contributed by atoms with Crippen LogP contribution in [0.25, 0.3) is 33.0 Å². The molecule has 0 aliphatic rings. The molecule has 0 unspecified atom stereocenters. The molecule has 0 bridgehead atoms. The number of aromatic nitrogens is 3. The third kappa shape index (κ3) is 2.94. The Hall–Kier alpha value is -2.92. The largest absolute Gasteiger partial charge is 0.256 e. The van der Waals surface area contributed by atoms with E-state index in [9.17, 15) is 4.39 Å². The second-order valence-electron chi connectivity index (χ2n) is 5.59. The summed E-state index contributed by atoms with van der Waals surface area (Å²) >= 11 is 1.32. The van der Waals surface area contributed by atoms with Gasteiger partial charge in [0, 0.05) is 22.7 Å². The fraction of sp³-hybridized carbons (Fsp3) is 0.0500. The lowest BCUT2D eigenvalue weighted by molar-refractivity contribution is 0.633. The zero-order chi connectivity index (χ0) is 17.2. The normalized spacial score (nSPS) is 10.8. The van der Waals surface area contributed by atoms with Gasteiger partial charge in [-0.1, -0.05) is 36.4 Å². The van der Waals surface area contributed by atoms with E-state index in [4.69, 9.17) is 0 Å². The Balaban J connectivity index is 2.07. The average molecular weight is 347 g/mol. The van der Waals surface area contributed by atoms with Crippen LogP contribution in [-0.2, 0) is 0 Å². The van der Waals surface area contributed by atoms with E-state index in [0.29, 0.717) is 5.69 Å². The van der Waals surface area contributed by atoms with Crippen LogP contribution in [0.2, 0.25) is 0 Å². The topological polar surface area (TPSA) is 38.7 Å². The fourth-order valence-corrected chi connectivity index (χ4v) is 3.59. The summed E-state index contributed by atoms with van der Waals surface area (Å²) in [7, 11) is 0. The number of thiophene rings is 1. The molecular weight excluding hydrogens is 333 g/mol. The lowest BCUT2D eigenvalue weighted by Gasteiger charge is -2.15. The van der Waals surface area contributed by atoms with Gasteiger partial charge in [-0.3, -0.25) is 4.98 Å². The minimum absolute atomic E-state index is 0.263. The zero-order valence-corrected chi connectivity index (χ0v) is 14.3. The van der Waals surface area contributed by atoms with Crippen LogP contribution in [0.5, 0.6) is 0 Å². The van der Waals surface area contributed by atoms with Crippen molar-refractivity contribution in [3.05, 3.63) is 77.7 Å². The van der Waals surface area contributed by atoms with Crippen LogP contribution >= 0.6 is 11.3 Å². The summed E-state index contributed by atoms with van der Waals surface area (Å²) in [4.78, 5) is 5.25. The summed E-state index contributed by atoms with van der Waals surface area (Å²) in [5.41, 5.74) is 5.14. The van der Waals surface area contributed by atoms with Crippen LogP contribution < -0.4 is 0 Å². The molecule has 0 spiro atoms. The highest BCUT2D eigenvalue weighted by Gasteiger charge is 2.20. The molecule has 4 rings (SSSR count). The molecule has 0 N–H and O–H groups in total. The third-order valence-corrected chi connectivity index (χ3v) is 4.84. The predicted octanol–water partition coefficient (Wildman–Crippen LogP) is 5.38. The molecule has 0 aliphatic carbocycles. The molecular formula is C20H14FN3S. The lowest BCUT2D eigenvalue weighted by Crippen LogP contribution is -2.00. The van der Waals surface area contributed by atoms with E-state index in [1.165, 1.54) is 22.8 Å². The van der Waals surface area contributed by atoms with Crippen molar-refractivity contribution in [2.75, 3.05) is 0 Å². The fourth-order valence-electron chi connectivity index (χ4n) is 2.84. The van der Waals surface area contributed by atoms with Gasteiger partial charge in [-0.15, -0.1) is 16.4 Å². The molecule has 25 heavy (non-hydrogen) atoms. The second-order valence-corrected chi connectivity index (χ2v) is 6.51. The van der Waals surface area contributed by atoms with Gasteiger partial charge in [0.05, 0.1) is 16.3 Å². The number of rotatable bonds is 3. The van der Waals surface area contributed by atoms with Gasteiger partial charge in [0.1, 0.15) is 11.5 Å². The van der Waals surface area contributed by atoms with Gasteiger partial charge in [-0.05, 0) is 30.7 Å². The Morgan fingerprint density at radius 2 is 1.72 bits per heavy atom. The van der Waals surface area contributed by atoms with Gasteiger partial charge >= 0.3 is 0 Å². The van der Waals surface area contributed by atoms with Crippen LogP contribution in [0.3, 0.4) is 0 Å². The Morgan fingerprint density at radius 1 is 0.920 bits per heavy atom. The van der Waals surface area contributed by atoms with E-state index in [1.807, 2.05) is 55.5 Å². The van der Waals surface area contributed by atoms with E-state index < -0.39 is 0 Å². The maximum absolute atomic E-state index is 13.6. The summed E-state index contributed by atoms with van der Waals surface area (Å²) < 4.78 is 13.6. The lowest BCUT2D eigenvalue weighted by atomic mass is 9.94. The van der Waals surface area contributed by atoms with E-state index in [1.54, 1.807) is 6.20 Å². The van der Waals surface area contributed by atoms with E-state index in [-0.39, 0.29) is 5.82 Å². The molecule has 0 aliphatic heterocycles. The summed E-state index contributed by atoms with van der Waals surface area (Å²) in [6.45, 7) is 1.92. The van der Waals surface area contributed by atoms with Crippen LogP contribution in [0.1, 0.15) is 5.69 Å². The molecule has 3 aromatic heterocycles. The van der Waals surface area contributed by atoms with Crippen molar-refractivity contribution in [2.45, 2.75) is 6.92 Å². The van der Waals surface area contributed by atoms with Crippen molar-refractivity contribution in [1.82, 2.24) is 15.2 Å². The number of hydrogen-bond donors (Lipinski definition) is 0. The second kappa shape index (κ2) is 6.53. The maximum atomic E-state index is 13.6. The molecule has 1 aromatic carbocycles. The first-order chi connectivity index (χ1) is 12.2. The molecule has 0 fully saturated rings. The first-order valence-electron chi connectivity index (χ1n) is 7.82. The molecule has 5 heteroatoms. The molecule has 122 valence electrons. The predicted molar refractivity (Wildman–Crippen MR) is 98.7 cm³/mol. The monoisotopic (exact) mass is 347 g/mol. The summed E-state index contributed by atoms with van der Waals surface area (Å²) in [5.74, 6) is -0.263. The number of nitrogens with zero attached hydrogens (tertiary/aromatic N) is 3. The van der Waals surface area contributed by atoms with Crippen LogP contribution in [0.4, 0.5) is 4.39 Å². The Kier molecular flexibility index (Phi) is 4.07. The summed E-state index contributed by atoms with van der Waals surface area (Å²) in [6, 6.07) is 17.3. The highest BCUT2D eigenvalue weighted by Crippen LogP contribution is 2.40.